The van der Waals surface area contributed by atoms with Crippen LogP contribution in [0.15, 0.2) is 12.3 Å². The maximum atomic E-state index is 6.11. The first-order valence-electron chi connectivity index (χ1n) is 6.29. The van der Waals surface area contributed by atoms with Gasteiger partial charge >= 0.3 is 0 Å². The Morgan fingerprint density at radius 2 is 2.11 bits per heavy atom. The van der Waals surface area contributed by atoms with Gasteiger partial charge in [-0.25, -0.2) is 9.97 Å². The molecule has 1 aliphatic heterocycles. The van der Waals surface area contributed by atoms with Crippen molar-refractivity contribution in [2.24, 2.45) is 0 Å². The molecule has 1 aliphatic rings. The van der Waals surface area contributed by atoms with Crippen LogP contribution in [0.25, 0.3) is 11.2 Å². The molecule has 5 heteroatoms. The van der Waals surface area contributed by atoms with E-state index < -0.39 is 0 Å². The van der Waals surface area contributed by atoms with E-state index in [2.05, 4.69) is 21.5 Å². The fourth-order valence-electron chi connectivity index (χ4n) is 2.68. The Morgan fingerprint density at radius 3 is 2.83 bits per heavy atom. The van der Waals surface area contributed by atoms with E-state index in [4.69, 9.17) is 10.5 Å². The van der Waals surface area contributed by atoms with Crippen molar-refractivity contribution >= 4 is 17.1 Å². The Balaban J connectivity index is 2.22. The van der Waals surface area contributed by atoms with Gasteiger partial charge in [-0.05, 0) is 38.3 Å². The van der Waals surface area contributed by atoms with Crippen molar-refractivity contribution in [3.8, 4) is 0 Å². The highest BCUT2D eigenvalue weighted by molar-refractivity contribution is 5.77. The normalized spacial score (nSPS) is 19.2. The molecule has 0 bridgehead atoms. The summed E-state index contributed by atoms with van der Waals surface area (Å²) in [6.07, 6.45) is 3.70. The number of nitrogens with two attached hydrogens (primary N) is 1. The number of anilines is 1. The summed E-state index contributed by atoms with van der Waals surface area (Å²) < 4.78 is 7.52. The summed E-state index contributed by atoms with van der Waals surface area (Å²) in [5.41, 5.74) is 8.97. The van der Waals surface area contributed by atoms with E-state index in [0.717, 1.165) is 42.8 Å². The van der Waals surface area contributed by atoms with Gasteiger partial charge < -0.3 is 10.5 Å². The van der Waals surface area contributed by atoms with Crippen LogP contribution in [-0.2, 0) is 10.3 Å². The monoisotopic (exact) mass is 246 g/mol. The van der Waals surface area contributed by atoms with Gasteiger partial charge in [0.05, 0.1) is 5.54 Å². The fourth-order valence-corrected chi connectivity index (χ4v) is 2.68. The smallest absolute Gasteiger partial charge is 0.202 e. The first-order chi connectivity index (χ1) is 8.62. The molecule has 1 fully saturated rings. The minimum absolute atomic E-state index is 0.0438. The van der Waals surface area contributed by atoms with Crippen LogP contribution < -0.4 is 5.73 Å². The molecule has 0 spiro atoms. The summed E-state index contributed by atoms with van der Waals surface area (Å²) in [7, 11) is 0. The van der Waals surface area contributed by atoms with Crippen LogP contribution in [0.1, 0.15) is 25.3 Å². The third-order valence-electron chi connectivity index (χ3n) is 3.88. The van der Waals surface area contributed by atoms with E-state index >= 15 is 0 Å². The zero-order chi connectivity index (χ0) is 12.8. The second kappa shape index (κ2) is 3.95. The van der Waals surface area contributed by atoms with Crippen molar-refractivity contribution in [2.45, 2.75) is 32.2 Å². The molecule has 0 unspecified atom stereocenters. The summed E-state index contributed by atoms with van der Waals surface area (Å²) in [5, 5.41) is 0. The largest absolute Gasteiger partial charge is 0.381 e. The number of nitrogens with zero attached hydrogens (tertiary/aromatic N) is 3. The van der Waals surface area contributed by atoms with Crippen molar-refractivity contribution in [3.05, 3.63) is 17.8 Å². The van der Waals surface area contributed by atoms with Crippen LogP contribution in [0.5, 0.6) is 0 Å². The molecule has 0 saturated carbocycles. The van der Waals surface area contributed by atoms with Gasteiger partial charge in [-0.1, -0.05) is 0 Å². The molecule has 2 aromatic rings. The Kier molecular flexibility index (Phi) is 2.52. The van der Waals surface area contributed by atoms with Gasteiger partial charge in [0.25, 0.3) is 0 Å². The van der Waals surface area contributed by atoms with E-state index in [1.54, 1.807) is 0 Å². The minimum Gasteiger partial charge on any atom is -0.381 e. The molecule has 0 aliphatic carbocycles. The highest BCUT2D eigenvalue weighted by Crippen LogP contribution is 2.34. The van der Waals surface area contributed by atoms with Gasteiger partial charge in [-0.3, -0.25) is 4.57 Å². The molecule has 0 amide bonds. The summed E-state index contributed by atoms with van der Waals surface area (Å²) in [6.45, 7) is 5.77. The quantitative estimate of drug-likeness (QED) is 0.834. The molecule has 18 heavy (non-hydrogen) atoms. The summed E-state index contributed by atoms with van der Waals surface area (Å²) in [4.78, 5) is 8.93. The highest BCUT2D eigenvalue weighted by atomic mass is 16.5. The summed E-state index contributed by atoms with van der Waals surface area (Å²) in [5.74, 6) is 0.552. The lowest BCUT2D eigenvalue weighted by atomic mass is 9.92. The molecule has 2 aromatic heterocycles. The molecule has 5 nitrogen and oxygen atoms in total. The average Bonchev–Trinajstić information content (AvgIpc) is 2.68. The lowest BCUT2D eigenvalue weighted by Crippen LogP contribution is -2.37. The van der Waals surface area contributed by atoms with Gasteiger partial charge in [0.2, 0.25) is 5.95 Å². The number of aromatic nitrogens is 3. The molecule has 3 heterocycles. The Bertz CT molecular complexity index is 584. The van der Waals surface area contributed by atoms with Crippen LogP contribution in [-0.4, -0.2) is 27.7 Å². The van der Waals surface area contributed by atoms with E-state index in [-0.39, 0.29) is 5.54 Å². The second-order valence-electron chi connectivity index (χ2n) is 5.21. The van der Waals surface area contributed by atoms with E-state index in [1.165, 1.54) is 0 Å². The van der Waals surface area contributed by atoms with Crippen LogP contribution in [0.2, 0.25) is 0 Å². The van der Waals surface area contributed by atoms with Crippen LogP contribution >= 0.6 is 0 Å². The van der Waals surface area contributed by atoms with E-state index in [9.17, 15) is 0 Å². The molecule has 3 rings (SSSR count). The number of fused-ring (bicyclic) bond motifs is 1. The Hall–Kier alpha value is -1.62. The van der Waals surface area contributed by atoms with Gasteiger partial charge in [-0.15, -0.1) is 0 Å². The summed E-state index contributed by atoms with van der Waals surface area (Å²) in [6, 6.07) is 1.96. The van der Waals surface area contributed by atoms with Gasteiger partial charge in [0.1, 0.15) is 5.52 Å². The van der Waals surface area contributed by atoms with Crippen molar-refractivity contribution in [3.63, 3.8) is 0 Å². The topological polar surface area (TPSA) is 66.0 Å². The van der Waals surface area contributed by atoms with Crippen LogP contribution in [0.3, 0.4) is 0 Å². The number of ether oxygens (including phenoxy) is 1. The molecule has 0 radical (unpaired) electrons. The molecule has 1 saturated heterocycles. The third-order valence-corrected chi connectivity index (χ3v) is 3.88. The standard InChI is InChI=1S/C13H18N4O/c1-9-3-6-15-11-10(9)16-12(14)17(11)13(2)4-7-18-8-5-13/h3,6H,4-5,7-8H2,1-2H3,(H2,14,16). The fraction of sp³-hybridized carbons (Fsp3) is 0.538. The van der Waals surface area contributed by atoms with Crippen molar-refractivity contribution in [2.75, 3.05) is 18.9 Å². The maximum Gasteiger partial charge on any atom is 0.202 e. The van der Waals surface area contributed by atoms with Crippen molar-refractivity contribution < 1.29 is 4.74 Å². The molecule has 96 valence electrons. The number of nitrogen functional groups attached to an aromatic ring is 1. The van der Waals surface area contributed by atoms with Crippen LogP contribution in [0, 0.1) is 6.92 Å². The number of pyridine rings is 1. The molecular weight excluding hydrogens is 228 g/mol. The number of rotatable bonds is 1. The number of imidazole rings is 1. The second-order valence-corrected chi connectivity index (χ2v) is 5.21. The first kappa shape index (κ1) is 11.5. The third kappa shape index (κ3) is 1.58. The van der Waals surface area contributed by atoms with E-state index in [1.807, 2.05) is 19.2 Å². The Morgan fingerprint density at radius 1 is 1.39 bits per heavy atom. The van der Waals surface area contributed by atoms with Gasteiger partial charge in [0.15, 0.2) is 5.65 Å². The Labute approximate surface area is 106 Å². The number of aryl methyl sites for hydroxylation is 1. The maximum absolute atomic E-state index is 6.11. The summed E-state index contributed by atoms with van der Waals surface area (Å²) >= 11 is 0. The number of hydrogen-bond donors (Lipinski definition) is 1. The van der Waals surface area contributed by atoms with Gasteiger partial charge in [-0.2, -0.15) is 0 Å². The predicted octanol–water partition coefficient (Wildman–Crippen LogP) is 1.85. The predicted molar refractivity (Wildman–Crippen MR) is 70.4 cm³/mol. The average molecular weight is 246 g/mol. The van der Waals surface area contributed by atoms with Crippen LogP contribution in [0.4, 0.5) is 5.95 Å². The number of hydrogen-bond acceptors (Lipinski definition) is 4. The van der Waals surface area contributed by atoms with E-state index in [0.29, 0.717) is 5.95 Å². The molecule has 2 N–H and O–H groups in total. The molecule has 0 aromatic carbocycles. The zero-order valence-corrected chi connectivity index (χ0v) is 10.8. The lowest BCUT2D eigenvalue weighted by Gasteiger charge is -2.35. The lowest BCUT2D eigenvalue weighted by molar-refractivity contribution is 0.0318. The molecule has 0 atom stereocenters. The van der Waals surface area contributed by atoms with Crippen molar-refractivity contribution in [1.82, 2.24) is 14.5 Å². The highest BCUT2D eigenvalue weighted by Gasteiger charge is 2.33. The molecular formula is C13H18N4O. The first-order valence-corrected chi connectivity index (χ1v) is 6.29. The minimum atomic E-state index is -0.0438. The zero-order valence-electron chi connectivity index (χ0n) is 10.8. The van der Waals surface area contributed by atoms with Crippen molar-refractivity contribution in [1.29, 1.82) is 0 Å². The SMILES string of the molecule is Cc1ccnc2c1nc(N)n2C1(C)CCOCC1. The van der Waals surface area contributed by atoms with Gasteiger partial charge in [0, 0.05) is 19.4 Å².